The average Bonchev–Trinajstić information content (AvgIpc) is 3.66. The van der Waals surface area contributed by atoms with E-state index >= 15 is 0 Å². The number of hydrogen-bond acceptors (Lipinski definition) is 10. The van der Waals surface area contributed by atoms with Crippen molar-refractivity contribution in [3.8, 4) is 0 Å². The monoisotopic (exact) mass is 783 g/mol. The lowest BCUT2D eigenvalue weighted by Crippen LogP contribution is -2.61. The van der Waals surface area contributed by atoms with Crippen LogP contribution in [0.5, 0.6) is 0 Å². The Hall–Kier alpha value is -6.13. The molecule has 304 valence electrons. The van der Waals surface area contributed by atoms with Gasteiger partial charge in [-0.1, -0.05) is 19.9 Å². The molecule has 57 heavy (non-hydrogen) atoms. The molecule has 7 amide bonds. The first-order chi connectivity index (χ1) is 26.9. The van der Waals surface area contributed by atoms with Crippen LogP contribution in [-0.2, 0) is 25.7 Å². The van der Waals surface area contributed by atoms with Gasteiger partial charge < -0.3 is 31.1 Å². The van der Waals surface area contributed by atoms with Gasteiger partial charge >= 0.3 is 6.03 Å². The summed E-state index contributed by atoms with van der Waals surface area (Å²) in [5, 5.41) is 11.3. The van der Waals surface area contributed by atoms with E-state index in [9.17, 15) is 28.8 Å². The Bertz CT molecular complexity index is 2030. The van der Waals surface area contributed by atoms with Gasteiger partial charge in [-0.2, -0.15) is 4.98 Å². The maximum absolute atomic E-state index is 13.7. The smallest absolute Gasteiger partial charge is 0.330 e. The second kappa shape index (κ2) is 17.3. The molecule has 5 rings (SSSR count). The molecule has 0 unspecified atom stereocenters. The molecule has 4 N–H and O–H groups in total. The zero-order valence-electron chi connectivity index (χ0n) is 34.1. The molecule has 2 aliphatic rings. The highest BCUT2D eigenvalue weighted by Crippen LogP contribution is 2.32. The van der Waals surface area contributed by atoms with Crippen LogP contribution >= 0.6 is 0 Å². The van der Waals surface area contributed by atoms with Crippen LogP contribution in [0, 0.1) is 19.8 Å². The Morgan fingerprint density at radius 2 is 1.75 bits per heavy atom. The van der Waals surface area contributed by atoms with Crippen LogP contribution in [0.4, 0.5) is 27.9 Å². The third kappa shape index (κ3) is 9.82. The van der Waals surface area contributed by atoms with Crippen molar-refractivity contribution in [2.75, 3.05) is 49.3 Å². The maximum atomic E-state index is 13.7. The minimum Gasteiger partial charge on any atom is -0.347 e. The van der Waals surface area contributed by atoms with Gasteiger partial charge in [0.1, 0.15) is 23.4 Å². The number of pyridine rings is 1. The summed E-state index contributed by atoms with van der Waals surface area (Å²) < 4.78 is 0. The van der Waals surface area contributed by atoms with E-state index in [1.54, 1.807) is 70.5 Å². The highest BCUT2D eigenvalue weighted by atomic mass is 16.2. The van der Waals surface area contributed by atoms with Crippen molar-refractivity contribution in [3.63, 3.8) is 0 Å². The van der Waals surface area contributed by atoms with Gasteiger partial charge in [0.2, 0.25) is 29.6 Å². The second-order valence-electron chi connectivity index (χ2n) is 15.7. The number of urea groups is 1. The fourth-order valence-corrected chi connectivity index (χ4v) is 6.76. The predicted molar refractivity (Wildman–Crippen MR) is 215 cm³/mol. The quantitative estimate of drug-likeness (QED) is 0.200. The minimum absolute atomic E-state index is 0.138. The molecule has 1 saturated heterocycles. The number of rotatable bonds is 13. The molecule has 2 aliphatic heterocycles. The number of amides is 7. The zero-order chi connectivity index (χ0) is 41.8. The number of aryl methyl sites for hydroxylation is 2. The van der Waals surface area contributed by atoms with Crippen molar-refractivity contribution in [1.82, 2.24) is 40.7 Å². The van der Waals surface area contributed by atoms with Crippen LogP contribution in [0.1, 0.15) is 74.1 Å². The first kappa shape index (κ1) is 42.0. The summed E-state index contributed by atoms with van der Waals surface area (Å²) in [4.78, 5) is 99.1. The highest BCUT2D eigenvalue weighted by Gasteiger charge is 2.40. The van der Waals surface area contributed by atoms with Gasteiger partial charge in [-0.25, -0.2) is 9.78 Å². The molecule has 17 heteroatoms. The van der Waals surface area contributed by atoms with Gasteiger partial charge in [0.05, 0.1) is 25.0 Å². The number of likely N-dealkylation sites (N-methyl/N-ethyl adjacent to an activating group) is 1. The Kier molecular flexibility index (Phi) is 12.8. The van der Waals surface area contributed by atoms with Gasteiger partial charge in [0, 0.05) is 56.4 Å². The predicted octanol–water partition coefficient (Wildman–Crippen LogP) is 3.04. The Balaban J connectivity index is 1.20. The number of carbonyl (C=O) groups is 6. The largest absolute Gasteiger partial charge is 0.347 e. The zero-order valence-corrected chi connectivity index (χ0v) is 34.1. The Labute approximate surface area is 333 Å². The Morgan fingerprint density at radius 1 is 1.02 bits per heavy atom. The summed E-state index contributed by atoms with van der Waals surface area (Å²) in [5.41, 5.74) is 2.39. The van der Waals surface area contributed by atoms with E-state index in [1.165, 1.54) is 14.7 Å². The Morgan fingerprint density at radius 3 is 2.42 bits per heavy atom. The molecule has 17 nitrogen and oxygen atoms in total. The number of carbonyl (C=O) groups excluding carboxylic acids is 6. The first-order valence-electron chi connectivity index (χ1n) is 19.0. The van der Waals surface area contributed by atoms with Crippen LogP contribution in [0.15, 0.2) is 42.7 Å². The van der Waals surface area contributed by atoms with Crippen molar-refractivity contribution >= 4 is 58.7 Å². The number of aromatic nitrogens is 3. The third-order valence-electron chi connectivity index (χ3n) is 9.97. The van der Waals surface area contributed by atoms with Crippen LogP contribution in [0.3, 0.4) is 0 Å². The fraction of sp³-hybridized carbons (Fsp3) is 0.475. The van der Waals surface area contributed by atoms with Crippen molar-refractivity contribution in [2.24, 2.45) is 5.92 Å². The lowest BCUT2D eigenvalue weighted by Gasteiger charge is -2.35. The topological polar surface area (TPSA) is 202 Å². The van der Waals surface area contributed by atoms with Gasteiger partial charge in [-0.05, 0) is 82.7 Å². The third-order valence-corrected chi connectivity index (χ3v) is 9.97. The van der Waals surface area contributed by atoms with E-state index in [-0.39, 0.29) is 36.5 Å². The van der Waals surface area contributed by atoms with E-state index in [2.05, 4.69) is 36.2 Å². The van der Waals surface area contributed by atoms with Crippen LogP contribution in [0.2, 0.25) is 0 Å². The number of nitrogens with zero attached hydrogens (tertiary/aromatic N) is 7. The summed E-state index contributed by atoms with van der Waals surface area (Å²) in [5.74, 6) is -1.36. The number of fused-ring (bicyclic) bond motifs is 1. The summed E-state index contributed by atoms with van der Waals surface area (Å²) in [6.07, 6.45) is 4.70. The molecule has 0 spiro atoms. The van der Waals surface area contributed by atoms with Crippen LogP contribution < -0.4 is 31.1 Å². The maximum Gasteiger partial charge on any atom is 0.330 e. The number of nitrogens with one attached hydrogen (secondary N) is 4. The van der Waals surface area contributed by atoms with Crippen molar-refractivity contribution in [3.05, 3.63) is 65.1 Å². The summed E-state index contributed by atoms with van der Waals surface area (Å²) in [6, 6.07) is 6.72. The van der Waals surface area contributed by atoms with Gasteiger partial charge in [-0.15, -0.1) is 0 Å². The molecule has 0 bridgehead atoms. The molecule has 4 heterocycles. The SMILES string of the molecule is Cc1ccc(Nc2ncc3c(n2)N(C)C(=O)N(c2cc(C(=O)NCC(=O)N4CCC[C@H]4C(=O)NC(C)(C)C(=O)N[C@@H](CC(C)C)C(=O)N(C)C)ccc2C)C3)cn1. The summed E-state index contributed by atoms with van der Waals surface area (Å²) >= 11 is 0. The molecule has 2 aromatic heterocycles. The second-order valence-corrected chi connectivity index (χ2v) is 15.7. The molecule has 0 saturated carbocycles. The fourth-order valence-electron chi connectivity index (χ4n) is 6.76. The van der Waals surface area contributed by atoms with Crippen molar-refractivity contribution < 1.29 is 28.8 Å². The molecular weight excluding hydrogens is 731 g/mol. The normalized spacial score (nSPS) is 15.9. The van der Waals surface area contributed by atoms with Crippen molar-refractivity contribution in [1.29, 1.82) is 0 Å². The standard InChI is InChI=1S/C40H53N11O6/c1-23(2)17-29(36(55)48(7)8)45-37(56)40(5,6)47-35(54)30-11-10-16-50(30)32(52)21-42-34(53)26-14-12-24(3)31(18-26)51-22-27-19-43-38(46-33(27)49(9)39(51)57)44-28-15-13-25(4)41-20-28/h12-15,18-20,23,29-30H,10-11,16-17,21-22H2,1-9H3,(H,42,53)(H,45,56)(H,47,54)(H,43,44,46)/t29-,30-/m0/s1. The lowest BCUT2D eigenvalue weighted by atomic mass is 9.99. The van der Waals surface area contributed by atoms with Gasteiger partial charge in [-0.3, -0.25) is 38.8 Å². The molecule has 2 atom stereocenters. The molecule has 1 fully saturated rings. The minimum atomic E-state index is -1.38. The first-order valence-corrected chi connectivity index (χ1v) is 19.0. The number of likely N-dealkylation sites (tertiary alicyclic amines) is 1. The summed E-state index contributed by atoms with van der Waals surface area (Å²) in [7, 11) is 4.85. The average molecular weight is 784 g/mol. The van der Waals surface area contributed by atoms with Gasteiger partial charge in [0.15, 0.2) is 0 Å². The molecule has 0 radical (unpaired) electrons. The number of benzene rings is 1. The molecule has 0 aliphatic carbocycles. The van der Waals surface area contributed by atoms with E-state index < -0.39 is 41.3 Å². The van der Waals surface area contributed by atoms with E-state index in [1.807, 2.05) is 39.8 Å². The highest BCUT2D eigenvalue weighted by molar-refractivity contribution is 6.06. The van der Waals surface area contributed by atoms with Crippen LogP contribution in [-0.4, -0.2) is 112 Å². The van der Waals surface area contributed by atoms with Crippen LogP contribution in [0.25, 0.3) is 0 Å². The van der Waals surface area contributed by atoms with E-state index in [4.69, 9.17) is 0 Å². The lowest BCUT2D eigenvalue weighted by molar-refractivity contribution is -0.141. The molecule has 1 aromatic carbocycles. The number of anilines is 4. The summed E-state index contributed by atoms with van der Waals surface area (Å²) in [6.45, 7) is 10.8. The molecular formula is C40H53N11O6. The van der Waals surface area contributed by atoms with Crippen molar-refractivity contribution in [2.45, 2.75) is 85.0 Å². The van der Waals surface area contributed by atoms with E-state index in [0.29, 0.717) is 54.5 Å². The van der Waals surface area contributed by atoms with E-state index in [0.717, 1.165) is 11.3 Å². The van der Waals surface area contributed by atoms with Gasteiger partial charge in [0.25, 0.3) is 5.91 Å². The molecule has 3 aromatic rings. The number of hydrogen-bond donors (Lipinski definition) is 4.